The lowest BCUT2D eigenvalue weighted by Crippen LogP contribution is -2.31. The molecule has 0 aliphatic carbocycles. The molecule has 0 unspecified atom stereocenters. The highest BCUT2D eigenvalue weighted by Crippen LogP contribution is 2.39. The van der Waals surface area contributed by atoms with Crippen LogP contribution in [0.15, 0.2) is 35.5 Å². The fourth-order valence-electron chi connectivity index (χ4n) is 2.57. The highest BCUT2D eigenvalue weighted by Gasteiger charge is 2.31. The molecule has 0 saturated carbocycles. The van der Waals surface area contributed by atoms with Crippen molar-refractivity contribution in [3.05, 3.63) is 29.0 Å². The van der Waals surface area contributed by atoms with Gasteiger partial charge < -0.3 is 14.8 Å². The number of hydrogen-bond donors (Lipinski definition) is 3. The monoisotopic (exact) mass is 475 g/mol. The van der Waals surface area contributed by atoms with E-state index < -0.39 is 32.0 Å². The number of rotatable bonds is 6. The van der Waals surface area contributed by atoms with Crippen LogP contribution in [0, 0.1) is 6.92 Å². The third kappa shape index (κ3) is 4.35. The molecule has 2 aromatic rings. The first-order valence-electron chi connectivity index (χ1n) is 8.71. The summed E-state index contributed by atoms with van der Waals surface area (Å²) in [7, 11) is -5.23. The van der Waals surface area contributed by atoms with Gasteiger partial charge >= 0.3 is 10.2 Å². The van der Waals surface area contributed by atoms with Crippen molar-refractivity contribution < 1.29 is 26.4 Å². The summed E-state index contributed by atoms with van der Waals surface area (Å²) in [6.45, 7) is 3.65. The molecule has 30 heavy (non-hydrogen) atoms. The van der Waals surface area contributed by atoms with Crippen molar-refractivity contribution in [1.82, 2.24) is 9.03 Å². The minimum absolute atomic E-state index is 0.00679. The number of nitrogens with one attached hydrogen (secondary N) is 2. The average Bonchev–Trinajstić information content (AvgIpc) is 3.31. The third-order valence-electron chi connectivity index (χ3n) is 4.12. The number of sulfonamides is 1. The normalized spacial score (nSPS) is 18.4. The number of amidine groups is 2. The minimum Gasteiger partial charge on any atom is -0.504 e. The predicted molar refractivity (Wildman–Crippen MR) is 114 cm³/mol. The van der Waals surface area contributed by atoms with Gasteiger partial charge in [0.15, 0.2) is 21.6 Å². The summed E-state index contributed by atoms with van der Waals surface area (Å²) in [5.41, 5.74) is -0.00679. The maximum Gasteiger partial charge on any atom is 0.345 e. The minimum atomic E-state index is -4.03. The molecule has 11 nitrogen and oxygen atoms in total. The first kappa shape index (κ1) is 22.3. The molecule has 0 spiro atoms. The quantitative estimate of drug-likeness (QED) is 0.576. The summed E-state index contributed by atoms with van der Waals surface area (Å²) in [4.78, 5) is 4.40. The molecular formula is C16H21N5O6S3. The molecule has 0 amide bonds. The van der Waals surface area contributed by atoms with Crippen LogP contribution in [0.4, 0.5) is 5.69 Å². The number of thiophene rings is 1. The number of aromatic hydroxyl groups is 1. The summed E-state index contributed by atoms with van der Waals surface area (Å²) in [6, 6.07) is 3.06. The van der Waals surface area contributed by atoms with Gasteiger partial charge in [0.05, 0.1) is 5.69 Å². The largest absolute Gasteiger partial charge is 0.504 e. The van der Waals surface area contributed by atoms with Crippen LogP contribution in [0.5, 0.6) is 5.75 Å². The number of aryl methyl sites for hydroxylation is 1. The number of anilines is 1. The van der Waals surface area contributed by atoms with Gasteiger partial charge in [-0.3, -0.25) is 4.99 Å². The van der Waals surface area contributed by atoms with Crippen LogP contribution in [0.3, 0.4) is 0 Å². The molecule has 0 radical (unpaired) electrons. The van der Waals surface area contributed by atoms with E-state index in [1.54, 1.807) is 19.1 Å². The van der Waals surface area contributed by atoms with Gasteiger partial charge in [-0.1, -0.05) is 6.92 Å². The first-order chi connectivity index (χ1) is 13.9. The van der Waals surface area contributed by atoms with Crippen LogP contribution in [0.25, 0.3) is 0 Å². The van der Waals surface area contributed by atoms with Crippen molar-refractivity contribution in [1.29, 1.82) is 0 Å². The van der Waals surface area contributed by atoms with Gasteiger partial charge in [-0.2, -0.15) is 8.42 Å². The van der Waals surface area contributed by atoms with E-state index in [4.69, 9.17) is 4.42 Å². The summed E-state index contributed by atoms with van der Waals surface area (Å²) in [6.07, 6.45) is 0.528. The molecule has 164 valence electrons. The first-order valence-corrected chi connectivity index (χ1v) is 12.5. The van der Waals surface area contributed by atoms with Gasteiger partial charge in [-0.25, -0.2) is 17.4 Å². The molecule has 0 saturated heterocycles. The lowest BCUT2D eigenvalue weighted by Gasteiger charge is -2.11. The van der Waals surface area contributed by atoms with Crippen molar-refractivity contribution in [2.24, 2.45) is 9.39 Å². The lowest BCUT2D eigenvalue weighted by atomic mass is 10.2. The van der Waals surface area contributed by atoms with Gasteiger partial charge in [0.2, 0.25) is 0 Å². The SMILES string of the molecule is CC[C@@H](N=C1NS(=O)(=O)N=C1Nc1csc(S(=O)(=O)N(C)C)c1O)c1ccc(C)o1. The molecule has 0 aromatic carbocycles. The van der Waals surface area contributed by atoms with Crippen molar-refractivity contribution in [3.8, 4) is 5.75 Å². The molecule has 1 aliphatic rings. The second-order valence-corrected chi connectivity index (χ2v) is 11.1. The highest BCUT2D eigenvalue weighted by atomic mass is 32.2. The Kier molecular flexibility index (Phi) is 5.95. The smallest absolute Gasteiger partial charge is 0.345 e. The maximum absolute atomic E-state index is 12.3. The zero-order valence-electron chi connectivity index (χ0n) is 16.6. The van der Waals surface area contributed by atoms with Crippen LogP contribution in [-0.2, 0) is 20.2 Å². The Morgan fingerprint density at radius 2 is 2.10 bits per heavy atom. The van der Waals surface area contributed by atoms with Crippen LogP contribution in [-0.4, -0.2) is 52.0 Å². The van der Waals surface area contributed by atoms with Crippen molar-refractivity contribution >= 4 is 48.9 Å². The van der Waals surface area contributed by atoms with E-state index in [-0.39, 0.29) is 21.6 Å². The summed E-state index contributed by atoms with van der Waals surface area (Å²) < 4.78 is 60.6. The molecule has 1 aliphatic heterocycles. The second-order valence-electron chi connectivity index (χ2n) is 6.57. The molecule has 2 aromatic heterocycles. The van der Waals surface area contributed by atoms with E-state index >= 15 is 0 Å². The second kappa shape index (κ2) is 8.02. The summed E-state index contributed by atoms with van der Waals surface area (Å²) in [5, 5.41) is 14.4. The third-order valence-corrected chi connectivity index (χ3v) is 8.30. The maximum atomic E-state index is 12.3. The van der Waals surface area contributed by atoms with Crippen molar-refractivity contribution in [2.75, 3.05) is 19.4 Å². The molecule has 1 atom stereocenters. The van der Waals surface area contributed by atoms with Gasteiger partial charge in [0.25, 0.3) is 10.0 Å². The van der Waals surface area contributed by atoms with Gasteiger partial charge in [0, 0.05) is 19.5 Å². The number of furan rings is 1. The highest BCUT2D eigenvalue weighted by molar-refractivity contribution is 7.91. The van der Waals surface area contributed by atoms with Gasteiger partial charge in [0.1, 0.15) is 17.6 Å². The van der Waals surface area contributed by atoms with Crippen molar-refractivity contribution in [3.63, 3.8) is 0 Å². The predicted octanol–water partition coefficient (Wildman–Crippen LogP) is 1.81. The fraction of sp³-hybridized carbons (Fsp3) is 0.375. The number of aliphatic imine (C=N–C) groups is 1. The fourth-order valence-corrected chi connectivity index (χ4v) is 5.76. The Hall–Kier alpha value is -2.42. The Bertz CT molecular complexity index is 1220. The molecule has 0 fully saturated rings. The Morgan fingerprint density at radius 1 is 1.40 bits per heavy atom. The summed E-state index contributed by atoms with van der Waals surface area (Å²) >= 11 is 0.792. The summed E-state index contributed by atoms with van der Waals surface area (Å²) in [5.74, 6) is 0.483. The van der Waals surface area contributed by atoms with E-state index in [1.165, 1.54) is 19.5 Å². The molecule has 3 rings (SSSR count). The molecule has 3 heterocycles. The molecule has 3 N–H and O–H groups in total. The van der Waals surface area contributed by atoms with Gasteiger partial charge in [-0.15, -0.1) is 15.7 Å². The van der Waals surface area contributed by atoms with E-state index in [1.807, 2.05) is 6.92 Å². The molecule has 14 heteroatoms. The number of nitrogens with zero attached hydrogens (tertiary/aromatic N) is 3. The topological polar surface area (TPSA) is 154 Å². The van der Waals surface area contributed by atoms with E-state index in [0.717, 1.165) is 15.6 Å². The van der Waals surface area contributed by atoms with Crippen LogP contribution in [0.1, 0.15) is 30.9 Å². The Balaban J connectivity index is 1.95. The Morgan fingerprint density at radius 3 is 2.67 bits per heavy atom. The van der Waals surface area contributed by atoms with Gasteiger partial charge in [-0.05, 0) is 25.5 Å². The lowest BCUT2D eigenvalue weighted by molar-refractivity contribution is 0.442. The van der Waals surface area contributed by atoms with Crippen LogP contribution in [0.2, 0.25) is 0 Å². The average molecular weight is 476 g/mol. The molecule has 0 bridgehead atoms. The van der Waals surface area contributed by atoms with Crippen LogP contribution >= 0.6 is 11.3 Å². The van der Waals surface area contributed by atoms with E-state index in [2.05, 4.69) is 19.4 Å². The Labute approximate surface area is 178 Å². The standard InChI is InChI=1S/C16H21N5O6S3/c1-5-10(12-7-6-9(2)27-12)17-14-15(20-30(25,26)19-14)18-11-8-28-16(13(11)22)29(23,24)21(3)4/h6-8,10,22H,5H2,1-4H3,(H,17,19)(H,18,20)/t10-/m1/s1. The number of hydrogen-bond acceptors (Lipinski definition) is 9. The zero-order valence-corrected chi connectivity index (χ0v) is 19.0. The zero-order chi connectivity index (χ0) is 22.3. The molecular weight excluding hydrogens is 454 g/mol. The van der Waals surface area contributed by atoms with E-state index in [9.17, 15) is 21.9 Å². The van der Waals surface area contributed by atoms with Crippen LogP contribution < -0.4 is 10.0 Å². The van der Waals surface area contributed by atoms with Crippen molar-refractivity contribution in [2.45, 2.75) is 30.5 Å². The van der Waals surface area contributed by atoms with E-state index in [0.29, 0.717) is 17.9 Å².